The predicted octanol–water partition coefficient (Wildman–Crippen LogP) is 0.588. The van der Waals surface area contributed by atoms with Crippen LogP contribution in [0.2, 0.25) is 0 Å². The van der Waals surface area contributed by atoms with Gasteiger partial charge in [0.05, 0.1) is 18.0 Å². The van der Waals surface area contributed by atoms with Gasteiger partial charge in [-0.2, -0.15) is 0 Å². The summed E-state index contributed by atoms with van der Waals surface area (Å²) in [4.78, 5) is 13.5. The number of likely N-dealkylation sites (tertiary alicyclic amines) is 1. The van der Waals surface area contributed by atoms with E-state index in [1.54, 1.807) is 13.8 Å². The molecule has 6 nitrogen and oxygen atoms in total. The van der Waals surface area contributed by atoms with Crippen molar-refractivity contribution in [2.24, 2.45) is 5.92 Å². The number of hydrogen-bond donors (Lipinski definition) is 1. The Hall–Kier alpha value is -0.660. The Morgan fingerprint density at radius 1 is 1.30 bits per heavy atom. The van der Waals surface area contributed by atoms with E-state index in [2.05, 4.69) is 9.62 Å². The van der Waals surface area contributed by atoms with Gasteiger partial charge in [-0.05, 0) is 26.8 Å². The minimum absolute atomic E-state index is 0.0162. The molecule has 0 unspecified atom stereocenters. The summed E-state index contributed by atoms with van der Waals surface area (Å²) in [5.74, 6) is -0.786. The largest absolute Gasteiger partial charge is 0.373 e. The van der Waals surface area contributed by atoms with Crippen molar-refractivity contribution in [2.75, 3.05) is 25.4 Å². The number of amides is 1. The van der Waals surface area contributed by atoms with Crippen LogP contribution in [0.3, 0.4) is 0 Å². The van der Waals surface area contributed by atoms with Crippen LogP contribution in [0.1, 0.15) is 34.1 Å². The lowest BCUT2D eigenvalue weighted by Crippen LogP contribution is -2.53. The fourth-order valence-electron chi connectivity index (χ4n) is 1.98. The van der Waals surface area contributed by atoms with Gasteiger partial charge >= 0.3 is 0 Å². The van der Waals surface area contributed by atoms with Crippen molar-refractivity contribution in [3.05, 3.63) is 0 Å². The summed E-state index contributed by atoms with van der Waals surface area (Å²) in [6.07, 6.45) is 1.02. The van der Waals surface area contributed by atoms with Crippen LogP contribution in [0.4, 0.5) is 0 Å². The number of ether oxygens (including phenoxy) is 1. The standard InChI is InChI=1S/C13H26N2O4S/c1-10(2)13(16)14-20(17,18)7-5-6-15-8-12(9-15)19-11(3)4/h10-12H,5-9H2,1-4H3,(H,14,16). The number of carbonyl (C=O) groups is 1. The number of rotatable bonds is 8. The summed E-state index contributed by atoms with van der Waals surface area (Å²) >= 11 is 0. The van der Waals surface area contributed by atoms with Crippen LogP contribution in [0.15, 0.2) is 0 Å². The molecule has 0 spiro atoms. The fraction of sp³-hybridized carbons (Fsp3) is 0.923. The Morgan fingerprint density at radius 2 is 1.90 bits per heavy atom. The molecule has 7 heteroatoms. The number of nitrogens with zero attached hydrogens (tertiary/aromatic N) is 1. The van der Waals surface area contributed by atoms with E-state index < -0.39 is 15.9 Å². The molecule has 118 valence electrons. The Kier molecular flexibility index (Phi) is 6.42. The van der Waals surface area contributed by atoms with Crippen molar-refractivity contribution < 1.29 is 17.9 Å². The molecule has 1 rings (SSSR count). The van der Waals surface area contributed by atoms with Crippen LogP contribution in [0.25, 0.3) is 0 Å². The molecule has 0 aromatic rings. The van der Waals surface area contributed by atoms with E-state index in [-0.39, 0.29) is 23.9 Å². The molecule has 1 N–H and O–H groups in total. The zero-order valence-electron chi connectivity index (χ0n) is 12.8. The van der Waals surface area contributed by atoms with Gasteiger partial charge < -0.3 is 4.74 Å². The molecule has 0 bridgehead atoms. The van der Waals surface area contributed by atoms with Crippen LogP contribution >= 0.6 is 0 Å². The number of carbonyl (C=O) groups excluding carboxylic acids is 1. The van der Waals surface area contributed by atoms with Crippen molar-refractivity contribution in [2.45, 2.75) is 46.3 Å². The van der Waals surface area contributed by atoms with E-state index in [1.165, 1.54) is 0 Å². The molecule has 0 atom stereocenters. The second-order valence-corrected chi connectivity index (χ2v) is 7.70. The lowest BCUT2D eigenvalue weighted by atomic mass is 10.1. The maximum atomic E-state index is 11.7. The van der Waals surface area contributed by atoms with Crippen LogP contribution in [-0.4, -0.2) is 56.8 Å². The summed E-state index contributed by atoms with van der Waals surface area (Å²) < 4.78 is 31.1. The molecule has 0 saturated carbocycles. The van der Waals surface area contributed by atoms with Crippen molar-refractivity contribution in [3.63, 3.8) is 0 Å². The van der Waals surface area contributed by atoms with E-state index in [9.17, 15) is 13.2 Å². The highest BCUT2D eigenvalue weighted by atomic mass is 32.2. The van der Waals surface area contributed by atoms with Gasteiger partial charge in [0.2, 0.25) is 15.9 Å². The lowest BCUT2D eigenvalue weighted by Gasteiger charge is -2.39. The fourth-order valence-corrected chi connectivity index (χ4v) is 3.13. The van der Waals surface area contributed by atoms with E-state index in [0.717, 1.165) is 13.1 Å². The zero-order chi connectivity index (χ0) is 15.3. The Balaban J connectivity index is 2.17. The molecule has 1 aliphatic heterocycles. The zero-order valence-corrected chi connectivity index (χ0v) is 13.6. The first-order valence-electron chi connectivity index (χ1n) is 7.11. The second-order valence-electron chi connectivity index (χ2n) is 5.86. The highest BCUT2D eigenvalue weighted by Gasteiger charge is 2.28. The highest BCUT2D eigenvalue weighted by Crippen LogP contribution is 2.13. The first kappa shape index (κ1) is 17.4. The van der Waals surface area contributed by atoms with E-state index >= 15 is 0 Å². The molecule has 1 amide bonds. The van der Waals surface area contributed by atoms with Gasteiger partial charge in [-0.3, -0.25) is 14.4 Å². The number of sulfonamides is 1. The normalized spacial score (nSPS) is 17.5. The van der Waals surface area contributed by atoms with Crippen LogP contribution in [0.5, 0.6) is 0 Å². The average Bonchev–Trinajstić information content (AvgIpc) is 2.23. The van der Waals surface area contributed by atoms with Gasteiger partial charge in [-0.1, -0.05) is 13.8 Å². The molecule has 1 heterocycles. The van der Waals surface area contributed by atoms with Crippen LogP contribution < -0.4 is 4.72 Å². The molecule has 1 aliphatic rings. The summed E-state index contributed by atoms with van der Waals surface area (Å²) in [6, 6.07) is 0. The third-order valence-corrected chi connectivity index (χ3v) is 4.39. The molecule has 0 aromatic heterocycles. The number of nitrogens with one attached hydrogen (secondary N) is 1. The van der Waals surface area contributed by atoms with Crippen LogP contribution in [0, 0.1) is 5.92 Å². The summed E-state index contributed by atoms with van der Waals surface area (Å²) in [5.41, 5.74) is 0. The third kappa shape index (κ3) is 6.19. The number of hydrogen-bond acceptors (Lipinski definition) is 5. The van der Waals surface area contributed by atoms with Gasteiger partial charge in [0.15, 0.2) is 0 Å². The Labute approximate surface area is 121 Å². The molecule has 1 saturated heterocycles. The monoisotopic (exact) mass is 306 g/mol. The van der Waals surface area contributed by atoms with Gasteiger partial charge in [0.1, 0.15) is 0 Å². The third-order valence-electron chi connectivity index (χ3n) is 3.06. The smallest absolute Gasteiger partial charge is 0.235 e. The maximum Gasteiger partial charge on any atom is 0.235 e. The van der Waals surface area contributed by atoms with Crippen molar-refractivity contribution in [1.29, 1.82) is 0 Å². The predicted molar refractivity (Wildman–Crippen MR) is 77.8 cm³/mol. The van der Waals surface area contributed by atoms with Gasteiger partial charge in [-0.25, -0.2) is 8.42 Å². The molecule has 0 aliphatic carbocycles. The molecule has 1 fully saturated rings. The minimum atomic E-state index is -3.50. The lowest BCUT2D eigenvalue weighted by molar-refractivity contribution is -0.122. The van der Waals surface area contributed by atoms with Crippen LogP contribution in [-0.2, 0) is 19.6 Å². The quantitative estimate of drug-likeness (QED) is 0.710. The van der Waals surface area contributed by atoms with Crippen molar-refractivity contribution >= 4 is 15.9 Å². The Bertz CT molecular complexity index is 414. The second kappa shape index (κ2) is 7.38. The summed E-state index contributed by atoms with van der Waals surface area (Å²) in [6.45, 7) is 9.78. The Morgan fingerprint density at radius 3 is 2.40 bits per heavy atom. The molecule has 0 radical (unpaired) electrons. The average molecular weight is 306 g/mol. The van der Waals surface area contributed by atoms with Crippen molar-refractivity contribution in [3.8, 4) is 0 Å². The summed E-state index contributed by atoms with van der Waals surface area (Å²) in [7, 11) is -3.50. The topological polar surface area (TPSA) is 75.7 Å². The van der Waals surface area contributed by atoms with Gasteiger partial charge in [-0.15, -0.1) is 0 Å². The molecular formula is C13H26N2O4S. The van der Waals surface area contributed by atoms with Gasteiger partial charge in [0.25, 0.3) is 0 Å². The summed E-state index contributed by atoms with van der Waals surface area (Å²) in [5, 5.41) is 0. The first-order chi connectivity index (χ1) is 9.19. The maximum absolute atomic E-state index is 11.7. The van der Waals surface area contributed by atoms with E-state index in [4.69, 9.17) is 4.74 Å². The molecule has 20 heavy (non-hydrogen) atoms. The van der Waals surface area contributed by atoms with E-state index in [1.807, 2.05) is 13.8 Å². The molecule has 0 aromatic carbocycles. The van der Waals surface area contributed by atoms with Crippen molar-refractivity contribution in [1.82, 2.24) is 9.62 Å². The highest BCUT2D eigenvalue weighted by molar-refractivity contribution is 7.90. The SMILES string of the molecule is CC(C)OC1CN(CCCS(=O)(=O)NC(=O)C(C)C)C1. The molecular weight excluding hydrogens is 280 g/mol. The van der Waals surface area contributed by atoms with E-state index in [0.29, 0.717) is 13.0 Å². The first-order valence-corrected chi connectivity index (χ1v) is 8.77. The van der Waals surface area contributed by atoms with Gasteiger partial charge in [0, 0.05) is 19.0 Å². The minimum Gasteiger partial charge on any atom is -0.373 e.